The Morgan fingerprint density at radius 1 is 0.923 bits per heavy atom. The van der Waals surface area contributed by atoms with Crippen LogP contribution in [0.3, 0.4) is 0 Å². The summed E-state index contributed by atoms with van der Waals surface area (Å²) in [6, 6.07) is 20.8. The van der Waals surface area contributed by atoms with Gasteiger partial charge in [0, 0.05) is 11.9 Å². The monoisotopic (exact) mass is 344 g/mol. The molecule has 0 bridgehead atoms. The van der Waals surface area contributed by atoms with E-state index in [2.05, 4.69) is 15.7 Å². The fourth-order valence-electron chi connectivity index (χ4n) is 2.77. The second kappa shape index (κ2) is 6.68. The van der Waals surface area contributed by atoms with Crippen LogP contribution in [-0.4, -0.2) is 28.0 Å². The first-order chi connectivity index (χ1) is 12.7. The second-order valence-corrected chi connectivity index (χ2v) is 5.89. The van der Waals surface area contributed by atoms with E-state index >= 15 is 0 Å². The average molecular weight is 344 g/mol. The molecule has 0 saturated heterocycles. The van der Waals surface area contributed by atoms with Gasteiger partial charge in [0.15, 0.2) is 5.69 Å². The van der Waals surface area contributed by atoms with E-state index in [1.54, 1.807) is 16.8 Å². The number of rotatable bonds is 4. The van der Waals surface area contributed by atoms with Crippen LogP contribution in [-0.2, 0) is 4.79 Å². The van der Waals surface area contributed by atoms with Gasteiger partial charge in [-0.3, -0.25) is 9.59 Å². The number of carbonyl (C=O) groups excluding carboxylic acids is 2. The summed E-state index contributed by atoms with van der Waals surface area (Å²) >= 11 is 0. The zero-order chi connectivity index (χ0) is 17.9. The molecule has 2 aromatic heterocycles. The maximum Gasteiger partial charge on any atom is 0.272 e. The molecule has 6 nitrogen and oxygen atoms in total. The van der Waals surface area contributed by atoms with Crippen LogP contribution in [0.15, 0.2) is 72.9 Å². The van der Waals surface area contributed by atoms with Gasteiger partial charge < -0.3 is 10.6 Å². The van der Waals surface area contributed by atoms with Crippen LogP contribution in [0.25, 0.3) is 16.3 Å². The predicted molar refractivity (Wildman–Crippen MR) is 100 cm³/mol. The van der Waals surface area contributed by atoms with E-state index in [1.165, 1.54) is 0 Å². The highest BCUT2D eigenvalue weighted by molar-refractivity contribution is 5.99. The van der Waals surface area contributed by atoms with E-state index in [9.17, 15) is 9.59 Å². The first kappa shape index (κ1) is 15.8. The Morgan fingerprint density at radius 3 is 2.58 bits per heavy atom. The number of hydrogen-bond acceptors (Lipinski definition) is 3. The molecular formula is C20H16N4O2. The molecule has 0 saturated carbocycles. The van der Waals surface area contributed by atoms with Gasteiger partial charge in [-0.1, -0.05) is 36.4 Å². The van der Waals surface area contributed by atoms with Crippen molar-refractivity contribution in [2.45, 2.75) is 0 Å². The zero-order valence-electron chi connectivity index (χ0n) is 13.8. The normalized spacial score (nSPS) is 10.8. The lowest BCUT2D eigenvalue weighted by Crippen LogP contribution is -2.33. The smallest absolute Gasteiger partial charge is 0.272 e. The number of aromatic nitrogens is 2. The molecule has 6 heteroatoms. The third kappa shape index (κ3) is 3.25. The fourth-order valence-corrected chi connectivity index (χ4v) is 2.77. The number of fused-ring (bicyclic) bond motifs is 2. The van der Waals surface area contributed by atoms with Crippen LogP contribution in [0, 0.1) is 0 Å². The largest absolute Gasteiger partial charge is 0.342 e. The molecule has 2 N–H and O–H groups in total. The van der Waals surface area contributed by atoms with Gasteiger partial charge in [0.1, 0.15) is 0 Å². The lowest BCUT2D eigenvalue weighted by Gasteiger charge is -2.07. The van der Waals surface area contributed by atoms with Gasteiger partial charge in [-0.2, -0.15) is 5.10 Å². The summed E-state index contributed by atoms with van der Waals surface area (Å²) < 4.78 is 1.62. The van der Waals surface area contributed by atoms with Crippen LogP contribution in [0.4, 0.5) is 5.69 Å². The highest BCUT2D eigenvalue weighted by Crippen LogP contribution is 2.18. The van der Waals surface area contributed by atoms with Crippen molar-refractivity contribution in [2.24, 2.45) is 0 Å². The molecule has 0 fully saturated rings. The van der Waals surface area contributed by atoms with Gasteiger partial charge in [-0.25, -0.2) is 4.52 Å². The Kier molecular flexibility index (Phi) is 4.07. The Bertz CT molecular complexity index is 1080. The van der Waals surface area contributed by atoms with Crippen LogP contribution in [0.2, 0.25) is 0 Å². The van der Waals surface area contributed by atoms with Crippen molar-refractivity contribution in [1.29, 1.82) is 0 Å². The molecule has 0 aliphatic carbocycles. The molecule has 26 heavy (non-hydrogen) atoms. The lowest BCUT2D eigenvalue weighted by atomic mass is 10.1. The van der Waals surface area contributed by atoms with Crippen LogP contribution >= 0.6 is 0 Å². The fraction of sp³-hybridized carbons (Fsp3) is 0.0500. The molecule has 0 aliphatic rings. The van der Waals surface area contributed by atoms with E-state index in [0.717, 1.165) is 16.3 Å². The Labute approximate surface area is 149 Å². The van der Waals surface area contributed by atoms with Crippen molar-refractivity contribution in [3.8, 4) is 0 Å². The maximum absolute atomic E-state index is 12.2. The number of carbonyl (C=O) groups is 2. The Morgan fingerprint density at radius 2 is 1.73 bits per heavy atom. The molecule has 0 unspecified atom stereocenters. The number of nitrogens with one attached hydrogen (secondary N) is 2. The van der Waals surface area contributed by atoms with Crippen molar-refractivity contribution >= 4 is 33.8 Å². The molecule has 4 aromatic rings. The number of hydrogen-bond donors (Lipinski definition) is 2. The van der Waals surface area contributed by atoms with Gasteiger partial charge >= 0.3 is 0 Å². The summed E-state index contributed by atoms with van der Waals surface area (Å²) in [6.07, 6.45) is 1.76. The quantitative estimate of drug-likeness (QED) is 0.598. The first-order valence-corrected chi connectivity index (χ1v) is 8.20. The number of anilines is 1. The average Bonchev–Trinajstić information content (AvgIpc) is 3.10. The minimum Gasteiger partial charge on any atom is -0.342 e. The standard InChI is InChI=1S/C20H16N4O2/c25-19(22-16-9-8-14-5-1-2-6-15(14)11-16)13-21-20(26)18-12-17-7-3-4-10-24(17)23-18/h1-12H,13H2,(H,21,26)(H,22,25). The SMILES string of the molecule is O=C(CNC(=O)c1cc2ccccn2n1)Nc1ccc2ccccc2c1. The summed E-state index contributed by atoms with van der Waals surface area (Å²) in [4.78, 5) is 24.3. The van der Waals surface area contributed by atoms with Crippen molar-refractivity contribution in [1.82, 2.24) is 14.9 Å². The van der Waals surface area contributed by atoms with Gasteiger partial charge in [0.05, 0.1) is 12.1 Å². The molecule has 2 heterocycles. The van der Waals surface area contributed by atoms with E-state index in [-0.39, 0.29) is 24.1 Å². The van der Waals surface area contributed by atoms with Crippen molar-refractivity contribution in [3.05, 3.63) is 78.6 Å². The van der Waals surface area contributed by atoms with Crippen LogP contribution in [0.1, 0.15) is 10.5 Å². The van der Waals surface area contributed by atoms with Gasteiger partial charge in [0.25, 0.3) is 5.91 Å². The van der Waals surface area contributed by atoms with Crippen molar-refractivity contribution in [3.63, 3.8) is 0 Å². The second-order valence-electron chi connectivity index (χ2n) is 5.89. The van der Waals surface area contributed by atoms with Crippen molar-refractivity contribution < 1.29 is 9.59 Å². The molecule has 128 valence electrons. The summed E-state index contributed by atoms with van der Waals surface area (Å²) in [5, 5.41) is 11.7. The summed E-state index contributed by atoms with van der Waals surface area (Å²) in [5.41, 5.74) is 1.78. The third-order valence-corrected chi connectivity index (χ3v) is 4.05. The van der Waals surface area contributed by atoms with E-state index < -0.39 is 0 Å². The number of pyridine rings is 1. The van der Waals surface area contributed by atoms with E-state index in [0.29, 0.717) is 5.69 Å². The van der Waals surface area contributed by atoms with Gasteiger partial charge in [-0.15, -0.1) is 0 Å². The summed E-state index contributed by atoms with van der Waals surface area (Å²) in [7, 11) is 0. The van der Waals surface area contributed by atoms with Gasteiger partial charge in [0.2, 0.25) is 5.91 Å². The van der Waals surface area contributed by atoms with Crippen LogP contribution < -0.4 is 10.6 Å². The Balaban J connectivity index is 1.38. The molecule has 2 aromatic carbocycles. The van der Waals surface area contributed by atoms with Crippen LogP contribution in [0.5, 0.6) is 0 Å². The minimum absolute atomic E-state index is 0.125. The summed E-state index contributed by atoms with van der Waals surface area (Å²) in [5.74, 6) is -0.681. The summed E-state index contributed by atoms with van der Waals surface area (Å²) in [6.45, 7) is -0.125. The van der Waals surface area contributed by atoms with E-state index in [1.807, 2.05) is 60.7 Å². The zero-order valence-corrected chi connectivity index (χ0v) is 13.8. The number of benzene rings is 2. The lowest BCUT2D eigenvalue weighted by molar-refractivity contribution is -0.115. The molecule has 4 rings (SSSR count). The third-order valence-electron chi connectivity index (χ3n) is 4.05. The molecular weight excluding hydrogens is 328 g/mol. The van der Waals surface area contributed by atoms with Gasteiger partial charge in [-0.05, 0) is 41.1 Å². The highest BCUT2D eigenvalue weighted by atomic mass is 16.2. The molecule has 2 amide bonds. The topological polar surface area (TPSA) is 75.5 Å². The number of nitrogens with zero attached hydrogens (tertiary/aromatic N) is 2. The first-order valence-electron chi connectivity index (χ1n) is 8.20. The predicted octanol–water partition coefficient (Wildman–Crippen LogP) is 2.86. The van der Waals surface area contributed by atoms with E-state index in [4.69, 9.17) is 0 Å². The molecule has 0 spiro atoms. The highest BCUT2D eigenvalue weighted by Gasteiger charge is 2.12. The minimum atomic E-state index is -0.387. The Hall–Kier alpha value is -3.67. The molecule has 0 aliphatic heterocycles. The number of amides is 2. The molecule has 0 radical (unpaired) electrons. The van der Waals surface area contributed by atoms with Crippen molar-refractivity contribution in [2.75, 3.05) is 11.9 Å². The maximum atomic E-state index is 12.2. The molecule has 0 atom stereocenters.